The van der Waals surface area contributed by atoms with E-state index in [9.17, 15) is 23.5 Å². The molecule has 0 aliphatic rings. The molecule has 2 aromatic heterocycles. The van der Waals surface area contributed by atoms with E-state index >= 15 is 0 Å². The molecule has 45 heavy (non-hydrogen) atoms. The first-order valence-corrected chi connectivity index (χ1v) is 15.0. The fourth-order valence-electron chi connectivity index (χ4n) is 4.05. The fraction of sp³-hybridized carbons (Fsp3) is 0. The minimum absolute atomic E-state index is 0.0232. The number of hydrogen-bond acceptors (Lipinski definition) is 14. The Morgan fingerprint density at radius 2 is 1.56 bits per heavy atom. The van der Waals surface area contributed by atoms with Gasteiger partial charge >= 0.3 is 0 Å². The van der Waals surface area contributed by atoms with Crippen molar-refractivity contribution in [3.8, 4) is 23.3 Å². The molecule has 5 aromatic rings. The largest absolute Gasteiger partial charge is 0.389 e. The lowest BCUT2D eigenvalue weighted by Crippen LogP contribution is -2.09. The van der Waals surface area contributed by atoms with Gasteiger partial charge in [0, 0.05) is 11.3 Å². The zero-order valence-corrected chi connectivity index (χ0v) is 24.6. The smallest absolute Gasteiger partial charge is 0.296 e. The van der Waals surface area contributed by atoms with E-state index in [1.54, 1.807) is 54.6 Å². The van der Waals surface area contributed by atoms with Crippen molar-refractivity contribution in [1.82, 2.24) is 15.0 Å². The molecule has 2 heterocycles. The van der Waals surface area contributed by atoms with Gasteiger partial charge in [0.1, 0.15) is 32.7 Å². The van der Waals surface area contributed by atoms with E-state index < -0.39 is 10.1 Å². The SMILES string of the molecule is C=CNc1nc(Nc2ccc(-c3c(N=Nc4ccccc4C#N)sc(N)c3C#N)cc2)nc(Nc2ccccc2S(=O)(=O)O)n1. The molecule has 14 nitrogen and oxygen atoms in total. The third-order valence-corrected chi connectivity index (χ3v) is 7.82. The third kappa shape index (κ3) is 6.90. The number of azo groups is 1. The van der Waals surface area contributed by atoms with Crippen molar-refractivity contribution in [2.45, 2.75) is 4.90 Å². The maximum atomic E-state index is 11.8. The summed E-state index contributed by atoms with van der Waals surface area (Å²) < 4.78 is 33.2. The number of aromatic nitrogens is 3. The molecule has 0 saturated carbocycles. The van der Waals surface area contributed by atoms with Gasteiger partial charge in [-0.1, -0.05) is 54.3 Å². The molecule has 0 saturated heterocycles. The highest BCUT2D eigenvalue weighted by Crippen LogP contribution is 2.45. The van der Waals surface area contributed by atoms with Crippen molar-refractivity contribution in [3.05, 3.63) is 96.7 Å². The van der Waals surface area contributed by atoms with Gasteiger partial charge in [0.25, 0.3) is 10.1 Å². The van der Waals surface area contributed by atoms with Crippen molar-refractivity contribution < 1.29 is 13.0 Å². The van der Waals surface area contributed by atoms with Gasteiger partial charge in [-0.25, -0.2) is 0 Å². The summed E-state index contributed by atoms with van der Waals surface area (Å²) in [6.45, 7) is 3.61. The Labute approximate surface area is 261 Å². The van der Waals surface area contributed by atoms with Crippen LogP contribution in [0.5, 0.6) is 0 Å². The molecule has 0 unspecified atom stereocenters. The average Bonchev–Trinajstić information content (AvgIpc) is 3.35. The number of thiophene rings is 1. The molecule has 0 amide bonds. The number of benzene rings is 3. The summed E-state index contributed by atoms with van der Waals surface area (Å²) in [6.07, 6.45) is 1.36. The minimum Gasteiger partial charge on any atom is -0.389 e. The number of anilines is 6. The Hall–Kier alpha value is -6.20. The maximum absolute atomic E-state index is 11.8. The Morgan fingerprint density at radius 1 is 0.889 bits per heavy atom. The monoisotopic (exact) mass is 635 g/mol. The summed E-state index contributed by atoms with van der Waals surface area (Å²) in [6, 6.07) is 23.6. The van der Waals surface area contributed by atoms with Crippen LogP contribution in [0.2, 0.25) is 0 Å². The van der Waals surface area contributed by atoms with Gasteiger partial charge in [-0.2, -0.15) is 33.9 Å². The summed E-state index contributed by atoms with van der Waals surface area (Å²) in [5, 5.41) is 37.0. The lowest BCUT2D eigenvalue weighted by atomic mass is 10.0. The van der Waals surface area contributed by atoms with Gasteiger partial charge in [-0.3, -0.25) is 4.55 Å². The summed E-state index contributed by atoms with van der Waals surface area (Å²) in [4.78, 5) is 12.5. The predicted octanol–water partition coefficient (Wildman–Crippen LogP) is 6.63. The lowest BCUT2D eigenvalue weighted by molar-refractivity contribution is 0.483. The number of nitrogens with one attached hydrogen (secondary N) is 3. The van der Waals surface area contributed by atoms with Gasteiger partial charge in [-0.05, 0) is 48.2 Å². The van der Waals surface area contributed by atoms with Crippen LogP contribution in [0, 0.1) is 22.7 Å². The van der Waals surface area contributed by atoms with Gasteiger partial charge in [-0.15, -0.1) is 10.2 Å². The van der Waals surface area contributed by atoms with Gasteiger partial charge in [0.05, 0.1) is 16.8 Å². The van der Waals surface area contributed by atoms with Crippen LogP contribution in [0.15, 0.2) is 101 Å². The summed E-state index contributed by atoms with van der Waals surface area (Å²) in [7, 11) is -4.52. The maximum Gasteiger partial charge on any atom is 0.296 e. The standard InChI is InChI=1S/C29H21N11O3S2/c1-2-33-27-36-28(38-29(37-27)35-22-9-5-6-10-23(22)45(41,42)43)34-19-13-11-17(12-14-19)24-20(16-31)25(32)44-26(24)40-39-21-8-4-3-7-18(21)15-30/h2-14H,1,32H2,(H,41,42,43)(H3,33,34,35,36,37,38). The van der Waals surface area contributed by atoms with E-state index in [0.29, 0.717) is 33.1 Å². The topological polar surface area (TPSA) is 227 Å². The molecule has 0 bridgehead atoms. The second-order valence-electron chi connectivity index (χ2n) is 8.92. The first-order valence-electron chi connectivity index (χ1n) is 12.8. The van der Waals surface area contributed by atoms with Crippen LogP contribution in [0.4, 0.5) is 44.9 Å². The highest BCUT2D eigenvalue weighted by molar-refractivity contribution is 7.86. The Kier molecular flexibility index (Phi) is 8.73. The highest BCUT2D eigenvalue weighted by atomic mass is 32.2. The molecule has 222 valence electrons. The molecule has 0 aliphatic heterocycles. The molecule has 6 N–H and O–H groups in total. The van der Waals surface area contributed by atoms with Gasteiger partial charge < -0.3 is 21.7 Å². The van der Waals surface area contributed by atoms with Crippen molar-refractivity contribution in [2.24, 2.45) is 10.2 Å². The van der Waals surface area contributed by atoms with Crippen LogP contribution < -0.4 is 21.7 Å². The van der Waals surface area contributed by atoms with Crippen molar-refractivity contribution in [2.75, 3.05) is 21.7 Å². The van der Waals surface area contributed by atoms with E-state index in [4.69, 9.17) is 5.73 Å². The van der Waals surface area contributed by atoms with E-state index in [1.807, 2.05) is 0 Å². The Bertz CT molecular complexity index is 2130. The van der Waals surface area contributed by atoms with Crippen molar-refractivity contribution in [1.29, 1.82) is 10.5 Å². The second kappa shape index (κ2) is 13.0. The quantitative estimate of drug-likeness (QED) is 0.0804. The summed E-state index contributed by atoms with van der Waals surface area (Å²) in [5.74, 6) is 0.174. The normalized spacial score (nSPS) is 11.0. The number of rotatable bonds is 10. The average molecular weight is 636 g/mol. The fourth-order valence-corrected chi connectivity index (χ4v) is 5.56. The van der Waals surface area contributed by atoms with Crippen LogP contribution in [0.25, 0.3) is 11.1 Å². The summed E-state index contributed by atoms with van der Waals surface area (Å²) in [5.41, 5.74) is 8.87. The number of para-hydroxylation sites is 1. The van der Waals surface area contributed by atoms with Crippen LogP contribution in [-0.2, 0) is 10.1 Å². The third-order valence-electron chi connectivity index (χ3n) is 6.01. The molecule has 16 heteroatoms. The number of nitrogen functional groups attached to an aromatic ring is 1. The molecule has 5 rings (SSSR count). The molecule has 0 spiro atoms. The predicted molar refractivity (Wildman–Crippen MR) is 171 cm³/mol. The second-order valence-corrected chi connectivity index (χ2v) is 11.3. The van der Waals surface area contributed by atoms with Crippen LogP contribution in [0.3, 0.4) is 0 Å². The zero-order chi connectivity index (χ0) is 32.0. The number of nitriles is 2. The van der Waals surface area contributed by atoms with E-state index in [-0.39, 0.29) is 39.0 Å². The number of nitrogens with two attached hydrogens (primary N) is 1. The van der Waals surface area contributed by atoms with E-state index in [2.05, 4.69) is 59.8 Å². The van der Waals surface area contributed by atoms with Crippen LogP contribution in [-0.4, -0.2) is 27.9 Å². The molecular formula is C29H21N11O3S2. The first-order chi connectivity index (χ1) is 21.7. The van der Waals surface area contributed by atoms with Crippen molar-refractivity contribution >= 4 is 66.4 Å². The number of nitrogens with zero attached hydrogens (tertiary/aromatic N) is 7. The van der Waals surface area contributed by atoms with Crippen molar-refractivity contribution in [3.63, 3.8) is 0 Å². The van der Waals surface area contributed by atoms with Gasteiger partial charge in [0.2, 0.25) is 17.8 Å². The Balaban J connectivity index is 1.44. The first kappa shape index (κ1) is 30.3. The molecule has 0 aliphatic carbocycles. The molecule has 0 fully saturated rings. The number of hydrogen-bond donors (Lipinski definition) is 5. The summed E-state index contributed by atoms with van der Waals surface area (Å²) >= 11 is 1.10. The van der Waals surface area contributed by atoms with E-state index in [1.165, 1.54) is 24.4 Å². The Morgan fingerprint density at radius 3 is 2.24 bits per heavy atom. The van der Waals surface area contributed by atoms with E-state index in [0.717, 1.165) is 11.3 Å². The van der Waals surface area contributed by atoms with Gasteiger partial charge in [0.15, 0.2) is 0 Å². The molecule has 0 radical (unpaired) electrons. The molecule has 3 aromatic carbocycles. The zero-order valence-electron chi connectivity index (χ0n) is 23.0. The molecular weight excluding hydrogens is 615 g/mol. The minimum atomic E-state index is -4.52. The van der Waals surface area contributed by atoms with Crippen LogP contribution in [0.1, 0.15) is 11.1 Å². The van der Waals surface area contributed by atoms with Crippen LogP contribution >= 0.6 is 11.3 Å². The lowest BCUT2D eigenvalue weighted by Gasteiger charge is -2.12. The molecule has 0 atom stereocenters. The highest BCUT2D eigenvalue weighted by Gasteiger charge is 2.19.